The molecule has 3 aliphatic carbocycles. The van der Waals surface area contributed by atoms with E-state index in [9.17, 15) is 23.1 Å². The predicted molar refractivity (Wildman–Crippen MR) is 97.3 cm³/mol. The van der Waals surface area contributed by atoms with Crippen LogP contribution in [0, 0.1) is 17.3 Å². The summed E-state index contributed by atoms with van der Waals surface area (Å²) in [5.74, 6) is -1.88. The highest BCUT2D eigenvalue weighted by molar-refractivity contribution is 7.96. The van der Waals surface area contributed by atoms with Gasteiger partial charge in [0, 0.05) is 30.7 Å². The maximum absolute atomic E-state index is 13.3. The van der Waals surface area contributed by atoms with Crippen molar-refractivity contribution in [2.24, 2.45) is 17.3 Å². The van der Waals surface area contributed by atoms with Crippen LogP contribution < -0.4 is 5.32 Å². The minimum absolute atomic E-state index is 0.0460. The Morgan fingerprint density at radius 1 is 1.19 bits per heavy atom. The molecule has 0 spiro atoms. The molecule has 0 aromatic heterocycles. The van der Waals surface area contributed by atoms with E-state index < -0.39 is 43.4 Å². The summed E-state index contributed by atoms with van der Waals surface area (Å²) < 4.78 is 30.8. The van der Waals surface area contributed by atoms with Crippen LogP contribution in [0.1, 0.15) is 33.6 Å². The molecule has 0 saturated heterocycles. The van der Waals surface area contributed by atoms with E-state index in [0.717, 1.165) is 6.42 Å². The van der Waals surface area contributed by atoms with Crippen molar-refractivity contribution in [2.75, 3.05) is 19.4 Å². The van der Waals surface area contributed by atoms with E-state index in [1.54, 1.807) is 7.11 Å². The van der Waals surface area contributed by atoms with Crippen LogP contribution in [0.2, 0.25) is 0 Å². The SMILES string of the molecule is CO[C@]1(C)CC[C@@H]2[C@@H]1[C@H](O)C1=C(C(=O)C3=C(C1=O)S(=O)(=O)CCN3)C2(C)C. The smallest absolute Gasteiger partial charge is 0.207 e. The summed E-state index contributed by atoms with van der Waals surface area (Å²) in [6.45, 7) is 5.81. The Kier molecular flexibility index (Phi) is 3.85. The van der Waals surface area contributed by atoms with Gasteiger partial charge in [-0.25, -0.2) is 8.42 Å². The molecule has 0 aromatic carbocycles. The largest absolute Gasteiger partial charge is 0.388 e. The minimum atomic E-state index is -3.86. The molecule has 8 heteroatoms. The molecule has 27 heavy (non-hydrogen) atoms. The summed E-state index contributed by atoms with van der Waals surface area (Å²) in [7, 11) is -2.28. The summed E-state index contributed by atoms with van der Waals surface area (Å²) in [5, 5.41) is 14.0. The van der Waals surface area contributed by atoms with Gasteiger partial charge in [0.05, 0.1) is 17.5 Å². The fourth-order valence-corrected chi connectivity index (χ4v) is 7.12. The van der Waals surface area contributed by atoms with Crippen molar-refractivity contribution < 1.29 is 27.9 Å². The van der Waals surface area contributed by atoms with E-state index in [1.807, 2.05) is 20.8 Å². The van der Waals surface area contributed by atoms with E-state index in [4.69, 9.17) is 4.74 Å². The van der Waals surface area contributed by atoms with Crippen molar-refractivity contribution >= 4 is 21.4 Å². The number of carbonyl (C=O) groups is 2. The number of aliphatic hydroxyl groups is 1. The van der Waals surface area contributed by atoms with Gasteiger partial charge in [0.1, 0.15) is 10.6 Å². The van der Waals surface area contributed by atoms with Gasteiger partial charge in [-0.15, -0.1) is 0 Å². The van der Waals surface area contributed by atoms with Crippen molar-refractivity contribution in [3.05, 3.63) is 21.7 Å². The highest BCUT2D eigenvalue weighted by Crippen LogP contribution is 2.60. The monoisotopic (exact) mass is 395 g/mol. The standard InChI is InChI=1S/C19H25NO6S/c1-18(2)9-5-6-19(3,26-4)11(9)14(21)10-12(18)16(23)13-17(15(10)22)27(24,25)8-7-20-13/h9,11,14,20-21H,5-8H2,1-4H3/t9-,11-,14-,19-/m1/s1. The second-order valence-electron chi connectivity index (χ2n) is 8.75. The van der Waals surface area contributed by atoms with Crippen molar-refractivity contribution in [3.63, 3.8) is 0 Å². The highest BCUT2D eigenvalue weighted by Gasteiger charge is 2.62. The number of hydrogen-bond acceptors (Lipinski definition) is 7. The van der Waals surface area contributed by atoms with Crippen LogP contribution >= 0.6 is 0 Å². The molecular formula is C19H25NO6S. The van der Waals surface area contributed by atoms with Gasteiger partial charge in [0.15, 0.2) is 9.84 Å². The zero-order chi connectivity index (χ0) is 19.9. The van der Waals surface area contributed by atoms with Gasteiger partial charge in [-0.1, -0.05) is 13.8 Å². The molecule has 1 heterocycles. The fourth-order valence-electron chi connectivity index (χ4n) is 5.67. The minimum Gasteiger partial charge on any atom is -0.388 e. The first kappa shape index (κ1) is 18.8. The van der Waals surface area contributed by atoms with Crippen molar-refractivity contribution in [1.29, 1.82) is 0 Å². The second-order valence-corrected chi connectivity index (χ2v) is 10.8. The normalized spacial score (nSPS) is 39.7. The van der Waals surface area contributed by atoms with Gasteiger partial charge in [0.2, 0.25) is 11.6 Å². The van der Waals surface area contributed by atoms with Crippen molar-refractivity contribution in [1.82, 2.24) is 5.32 Å². The van der Waals surface area contributed by atoms with E-state index in [1.165, 1.54) is 0 Å². The third-order valence-corrected chi connectivity index (χ3v) is 8.90. The molecule has 4 aliphatic rings. The van der Waals surface area contributed by atoms with Crippen LogP contribution in [0.25, 0.3) is 0 Å². The molecule has 0 amide bonds. The first-order valence-electron chi connectivity index (χ1n) is 9.25. The third-order valence-electron chi connectivity index (χ3n) is 7.15. The van der Waals surface area contributed by atoms with Gasteiger partial charge in [0.25, 0.3) is 0 Å². The number of aliphatic hydroxyl groups excluding tert-OH is 1. The molecule has 1 saturated carbocycles. The molecule has 1 fully saturated rings. The maximum atomic E-state index is 13.3. The van der Waals surface area contributed by atoms with E-state index in [2.05, 4.69) is 5.32 Å². The summed E-state index contributed by atoms with van der Waals surface area (Å²) in [4.78, 5) is 26.0. The first-order chi connectivity index (χ1) is 12.5. The number of nitrogens with one attached hydrogen (secondary N) is 1. The summed E-state index contributed by atoms with van der Waals surface area (Å²) in [6, 6.07) is 0. The Morgan fingerprint density at radius 2 is 1.85 bits per heavy atom. The molecule has 2 N–H and O–H groups in total. The Balaban J connectivity index is 1.95. The highest BCUT2D eigenvalue weighted by atomic mass is 32.2. The van der Waals surface area contributed by atoms with Crippen molar-refractivity contribution in [2.45, 2.75) is 45.3 Å². The maximum Gasteiger partial charge on any atom is 0.207 e. The van der Waals surface area contributed by atoms with Gasteiger partial charge >= 0.3 is 0 Å². The summed E-state index contributed by atoms with van der Waals surface area (Å²) in [6.07, 6.45) is 0.231. The number of sulfone groups is 1. The number of methoxy groups -OCH3 is 1. The van der Waals surface area contributed by atoms with Crippen LogP contribution in [0.3, 0.4) is 0 Å². The number of fused-ring (bicyclic) bond motifs is 1. The Bertz CT molecular complexity index is 928. The van der Waals surface area contributed by atoms with Crippen LogP contribution in [0.4, 0.5) is 0 Å². The molecule has 0 aromatic rings. The number of ketones is 2. The van der Waals surface area contributed by atoms with Crippen LogP contribution in [0.5, 0.6) is 0 Å². The lowest BCUT2D eigenvalue weighted by Crippen LogP contribution is -2.55. The fraction of sp³-hybridized carbons (Fsp3) is 0.684. The molecule has 148 valence electrons. The zero-order valence-corrected chi connectivity index (χ0v) is 16.8. The lowest BCUT2D eigenvalue weighted by molar-refractivity contribution is -0.124. The van der Waals surface area contributed by atoms with E-state index >= 15 is 0 Å². The summed E-state index contributed by atoms with van der Waals surface area (Å²) >= 11 is 0. The van der Waals surface area contributed by atoms with Crippen LogP contribution in [-0.2, 0) is 24.2 Å². The number of ether oxygens (including phenoxy) is 1. The second kappa shape index (κ2) is 5.52. The molecule has 1 aliphatic heterocycles. The van der Waals surface area contributed by atoms with Gasteiger partial charge in [-0.05, 0) is 31.1 Å². The Labute approximate surface area is 158 Å². The lowest BCUT2D eigenvalue weighted by atomic mass is 9.56. The molecular weight excluding hydrogens is 370 g/mol. The zero-order valence-electron chi connectivity index (χ0n) is 16.0. The summed E-state index contributed by atoms with van der Waals surface area (Å²) in [5.41, 5.74) is -1.24. The third kappa shape index (κ3) is 2.23. The predicted octanol–water partition coefficient (Wildman–Crippen LogP) is 0.496. The first-order valence-corrected chi connectivity index (χ1v) is 10.9. The number of carbonyl (C=O) groups excluding carboxylic acids is 2. The number of Topliss-reactive ketones (excluding diaryl/α,β-unsaturated/α-hetero) is 2. The van der Waals surface area contributed by atoms with Gasteiger partial charge in [-0.2, -0.15) is 0 Å². The number of hydrogen-bond donors (Lipinski definition) is 2. The quantitative estimate of drug-likeness (QED) is 0.622. The topological polar surface area (TPSA) is 110 Å². The lowest BCUT2D eigenvalue weighted by Gasteiger charge is -2.50. The Hall–Kier alpha value is -1.51. The Morgan fingerprint density at radius 3 is 2.48 bits per heavy atom. The molecule has 4 atom stereocenters. The van der Waals surface area contributed by atoms with Gasteiger partial charge in [-0.3, -0.25) is 9.59 Å². The van der Waals surface area contributed by atoms with E-state index in [-0.39, 0.29) is 41.0 Å². The van der Waals surface area contributed by atoms with Crippen molar-refractivity contribution in [3.8, 4) is 0 Å². The van der Waals surface area contributed by atoms with Crippen LogP contribution in [-0.4, -0.2) is 56.2 Å². The molecule has 4 rings (SSSR count). The van der Waals surface area contributed by atoms with Gasteiger partial charge < -0.3 is 15.2 Å². The average Bonchev–Trinajstić information content (AvgIpc) is 2.94. The number of allylic oxidation sites excluding steroid dienone is 2. The van der Waals surface area contributed by atoms with E-state index in [0.29, 0.717) is 6.42 Å². The molecule has 0 bridgehead atoms. The molecule has 7 nitrogen and oxygen atoms in total. The molecule has 0 radical (unpaired) electrons. The molecule has 0 unspecified atom stereocenters. The van der Waals surface area contributed by atoms with Crippen LogP contribution in [0.15, 0.2) is 21.7 Å². The average molecular weight is 395 g/mol. The number of rotatable bonds is 1.